The molecule has 0 atom stereocenters. The molecule has 0 N–H and O–H groups in total. The van der Waals surface area contributed by atoms with E-state index >= 15 is 0 Å². The van der Waals surface area contributed by atoms with Crippen molar-refractivity contribution in [2.45, 2.75) is 38.9 Å². The van der Waals surface area contributed by atoms with E-state index in [1.54, 1.807) is 0 Å². The van der Waals surface area contributed by atoms with Gasteiger partial charge >= 0.3 is 0 Å². The van der Waals surface area contributed by atoms with Gasteiger partial charge in [-0.3, -0.25) is 0 Å². The van der Waals surface area contributed by atoms with E-state index in [4.69, 9.17) is 20.8 Å². The van der Waals surface area contributed by atoms with Crippen molar-refractivity contribution >= 4 is 19.9 Å². The Morgan fingerprint density at radius 1 is 1.13 bits per heavy atom. The van der Waals surface area contributed by atoms with Gasteiger partial charge in [-0.25, -0.2) is 0 Å². The van der Waals surface area contributed by atoms with Gasteiger partial charge in [-0.15, -0.1) is 0 Å². The van der Waals surface area contributed by atoms with Crippen LogP contribution in [0.15, 0.2) is 0 Å². The lowest BCUT2D eigenvalue weighted by Gasteiger charge is -2.35. The minimum Gasteiger partial charge on any atom is -0.406 e. The number of rotatable bonds is 4. The lowest BCUT2D eigenvalue weighted by atomic mass is 10.2. The van der Waals surface area contributed by atoms with Crippen molar-refractivity contribution in [3.8, 4) is 11.8 Å². The molecule has 0 unspecified atom stereocenters. The van der Waals surface area contributed by atoms with Crippen LogP contribution in [-0.4, -0.2) is 27.6 Å². The molecule has 0 aromatic heterocycles. The van der Waals surface area contributed by atoms with Crippen molar-refractivity contribution in [3.63, 3.8) is 0 Å². The number of hydrogen-bond acceptors (Lipinski definition) is 2. The van der Waals surface area contributed by atoms with E-state index < -0.39 is 8.32 Å². The normalized spacial score (nSPS) is 12.1. The van der Waals surface area contributed by atoms with Gasteiger partial charge in [0.15, 0.2) is 8.32 Å². The third-order valence-corrected chi connectivity index (χ3v) is 7.32. The summed E-state index contributed by atoms with van der Waals surface area (Å²) in [7, 11) is -1.64. The molecule has 0 aliphatic rings. The van der Waals surface area contributed by atoms with Gasteiger partial charge in [0, 0.05) is 0 Å². The molecule has 0 saturated carbocycles. The Bertz CT molecular complexity index is 235. The van der Waals surface area contributed by atoms with Crippen LogP contribution in [0.4, 0.5) is 0 Å². The third kappa shape index (κ3) is 6.21. The van der Waals surface area contributed by atoms with Crippen molar-refractivity contribution < 1.29 is 9.16 Å². The first-order valence-electron chi connectivity index (χ1n) is 5.04. The molecule has 0 amide bonds. The third-order valence-electron chi connectivity index (χ3n) is 2.69. The Balaban J connectivity index is 3.88. The highest BCUT2D eigenvalue weighted by atomic mass is 35.5. The molecule has 0 aromatic rings. The van der Waals surface area contributed by atoms with Crippen molar-refractivity contribution in [2.24, 2.45) is 0 Å². The Kier molecular flexibility index (Phi) is 6.54. The highest BCUT2D eigenvalue weighted by molar-refractivity contribution is 6.74. The second kappa shape index (κ2) is 6.54. The average Bonchev–Trinajstić information content (AvgIpc) is 2.09. The van der Waals surface area contributed by atoms with Crippen molar-refractivity contribution in [2.75, 3.05) is 19.3 Å². The first kappa shape index (κ1) is 15.0. The van der Waals surface area contributed by atoms with E-state index in [-0.39, 0.29) is 11.1 Å². The van der Waals surface area contributed by atoms with Gasteiger partial charge < -0.3 is 9.16 Å². The highest BCUT2D eigenvalue weighted by Crippen LogP contribution is 2.36. The van der Waals surface area contributed by atoms with Gasteiger partial charge in [-0.2, -0.15) is 0 Å². The van der Waals surface area contributed by atoms with Crippen molar-refractivity contribution in [1.82, 2.24) is 0 Å². The number of hydrogen-bond donors (Lipinski definition) is 0. The van der Waals surface area contributed by atoms with Crippen molar-refractivity contribution in [3.05, 3.63) is 0 Å². The monoisotopic (exact) mass is 248 g/mol. The van der Waals surface area contributed by atoms with E-state index in [0.717, 1.165) is 0 Å². The van der Waals surface area contributed by atoms with E-state index in [1.807, 2.05) is 0 Å². The van der Waals surface area contributed by atoms with Gasteiger partial charge in [0.1, 0.15) is 12.7 Å². The van der Waals surface area contributed by atoms with Gasteiger partial charge in [0.2, 0.25) is 0 Å². The van der Waals surface area contributed by atoms with E-state index in [1.165, 1.54) is 0 Å². The molecule has 0 aliphatic heterocycles. The SMILES string of the molecule is CC(C)(C)[Si](C)(C)OCC#CCOCCl. The summed E-state index contributed by atoms with van der Waals surface area (Å²) in [6.07, 6.45) is 0. The largest absolute Gasteiger partial charge is 0.406 e. The molecule has 0 aromatic carbocycles. The molecule has 0 rings (SSSR count). The Labute approximate surface area is 99.4 Å². The minimum atomic E-state index is -1.64. The summed E-state index contributed by atoms with van der Waals surface area (Å²) in [5.41, 5.74) is 0. The van der Waals surface area contributed by atoms with Gasteiger partial charge in [-0.05, 0) is 18.1 Å². The average molecular weight is 249 g/mol. The zero-order chi connectivity index (χ0) is 11.9. The summed E-state index contributed by atoms with van der Waals surface area (Å²) < 4.78 is 10.7. The predicted octanol–water partition coefficient (Wildman–Crippen LogP) is 3.22. The highest BCUT2D eigenvalue weighted by Gasteiger charge is 2.36. The van der Waals surface area contributed by atoms with E-state index in [9.17, 15) is 0 Å². The van der Waals surface area contributed by atoms with Gasteiger partial charge in [0.25, 0.3) is 0 Å². The summed E-state index contributed by atoms with van der Waals surface area (Å²) in [6.45, 7) is 11.9. The van der Waals surface area contributed by atoms with Crippen LogP contribution in [0.25, 0.3) is 0 Å². The molecule has 15 heavy (non-hydrogen) atoms. The molecule has 88 valence electrons. The van der Waals surface area contributed by atoms with Crippen LogP contribution in [0, 0.1) is 11.8 Å². The fourth-order valence-electron chi connectivity index (χ4n) is 0.625. The zero-order valence-corrected chi connectivity index (χ0v) is 12.1. The van der Waals surface area contributed by atoms with Crippen LogP contribution in [0.1, 0.15) is 20.8 Å². The molecule has 0 bridgehead atoms. The standard InChI is InChI=1S/C11H21ClO2Si/c1-11(2,3)15(4,5)14-9-7-6-8-13-10-12/h8-10H2,1-5H3. The van der Waals surface area contributed by atoms with Crippen LogP contribution < -0.4 is 0 Å². The number of alkyl halides is 1. The van der Waals surface area contributed by atoms with Crippen LogP contribution in [0.2, 0.25) is 18.1 Å². The summed E-state index contributed by atoms with van der Waals surface area (Å²) in [6, 6.07) is 0.192. The molecule has 0 spiro atoms. The summed E-state index contributed by atoms with van der Waals surface area (Å²) in [4.78, 5) is 0. The first-order chi connectivity index (χ1) is 6.81. The van der Waals surface area contributed by atoms with Crippen LogP contribution in [0.5, 0.6) is 0 Å². The molecular formula is C11H21ClO2Si. The molecular weight excluding hydrogens is 228 g/mol. The maximum absolute atomic E-state index is 5.85. The molecule has 2 nitrogen and oxygen atoms in total. The molecule has 0 aliphatic carbocycles. The maximum atomic E-state index is 5.85. The summed E-state index contributed by atoms with van der Waals surface area (Å²) in [5.74, 6) is 5.78. The lowest BCUT2D eigenvalue weighted by molar-refractivity contribution is 0.218. The predicted molar refractivity (Wildman–Crippen MR) is 67.6 cm³/mol. The summed E-state index contributed by atoms with van der Waals surface area (Å²) in [5, 5.41) is 0.237. The zero-order valence-electron chi connectivity index (χ0n) is 10.3. The molecule has 0 radical (unpaired) electrons. The minimum absolute atomic E-state index is 0.192. The van der Waals surface area contributed by atoms with Crippen LogP contribution in [-0.2, 0) is 9.16 Å². The molecule has 0 fully saturated rings. The molecule has 0 heterocycles. The van der Waals surface area contributed by atoms with Gasteiger partial charge in [-0.1, -0.05) is 44.2 Å². The van der Waals surface area contributed by atoms with E-state index in [0.29, 0.717) is 13.2 Å². The fraction of sp³-hybridized carbons (Fsp3) is 0.818. The second-order valence-electron chi connectivity index (χ2n) is 4.86. The maximum Gasteiger partial charge on any atom is 0.193 e. The Morgan fingerprint density at radius 3 is 2.13 bits per heavy atom. The Hall–Kier alpha value is -0.0131. The topological polar surface area (TPSA) is 18.5 Å². The van der Waals surface area contributed by atoms with Crippen molar-refractivity contribution in [1.29, 1.82) is 0 Å². The lowest BCUT2D eigenvalue weighted by Crippen LogP contribution is -2.40. The smallest absolute Gasteiger partial charge is 0.193 e. The van der Waals surface area contributed by atoms with Gasteiger partial charge in [0.05, 0.1) is 6.61 Å². The number of ether oxygens (including phenoxy) is 1. The Morgan fingerprint density at radius 2 is 1.67 bits per heavy atom. The van der Waals surface area contributed by atoms with Crippen LogP contribution in [0.3, 0.4) is 0 Å². The molecule has 4 heteroatoms. The van der Waals surface area contributed by atoms with E-state index in [2.05, 4.69) is 45.7 Å². The molecule has 0 saturated heterocycles. The first-order valence-corrected chi connectivity index (χ1v) is 8.49. The summed E-state index contributed by atoms with van der Waals surface area (Å²) >= 11 is 5.33. The number of halogens is 1. The quantitative estimate of drug-likeness (QED) is 0.329. The van der Waals surface area contributed by atoms with Crippen LogP contribution >= 0.6 is 11.6 Å². The second-order valence-corrected chi connectivity index (χ2v) is 9.89. The fourth-order valence-corrected chi connectivity index (χ4v) is 1.57.